The number of phenolic OH excluding ortho intramolecular Hbond substituents is 1. The zero-order valence-corrected chi connectivity index (χ0v) is 17.2. The molecule has 5 rings (SSSR count). The van der Waals surface area contributed by atoms with Crippen LogP contribution in [0.1, 0.15) is 39.1 Å². The number of rotatable bonds is 3. The molecular formula is C24H19NO8. The van der Waals surface area contributed by atoms with E-state index in [2.05, 4.69) is 0 Å². The van der Waals surface area contributed by atoms with Crippen LogP contribution >= 0.6 is 0 Å². The summed E-state index contributed by atoms with van der Waals surface area (Å²) in [5, 5.41) is 31.7. The summed E-state index contributed by atoms with van der Waals surface area (Å²) in [6.45, 7) is 0. The molecule has 9 heteroatoms. The first-order valence-corrected chi connectivity index (χ1v) is 10.4. The molecule has 1 aromatic carbocycles. The number of carbonyl (C=O) groups is 4. The van der Waals surface area contributed by atoms with Crippen molar-refractivity contribution in [2.75, 3.05) is 0 Å². The van der Waals surface area contributed by atoms with Gasteiger partial charge >= 0.3 is 0 Å². The Hall–Kier alpha value is -4.14. The summed E-state index contributed by atoms with van der Waals surface area (Å²) in [5.74, 6) is -5.67. The smallest absolute Gasteiger partial charge is 0.255 e. The van der Waals surface area contributed by atoms with Crippen LogP contribution in [-0.4, -0.2) is 39.1 Å². The number of allylic oxidation sites excluding steroid dienone is 3. The topological polar surface area (TPSA) is 168 Å². The lowest BCUT2D eigenvalue weighted by Crippen LogP contribution is -2.43. The van der Waals surface area contributed by atoms with Gasteiger partial charge in [-0.15, -0.1) is 0 Å². The maximum atomic E-state index is 13.5. The van der Waals surface area contributed by atoms with Gasteiger partial charge in [0.05, 0.1) is 23.3 Å². The lowest BCUT2D eigenvalue weighted by atomic mass is 9.62. The normalized spacial score (nSPS) is 24.3. The van der Waals surface area contributed by atoms with E-state index in [-0.39, 0.29) is 47.5 Å². The maximum absolute atomic E-state index is 13.5. The SMILES string of the molecule is NC(=O)C1=C(O)CC2CC3Cc4c(-c5occc5C=O)ccc(O)c4C(=O)C3=C(O)C2C1=O. The van der Waals surface area contributed by atoms with Crippen LogP contribution in [-0.2, 0) is 16.0 Å². The van der Waals surface area contributed by atoms with Crippen molar-refractivity contribution in [1.29, 1.82) is 0 Å². The number of aromatic hydroxyl groups is 1. The molecule has 3 aliphatic carbocycles. The molecule has 0 saturated carbocycles. The molecule has 2 aromatic rings. The first-order chi connectivity index (χ1) is 15.7. The number of Topliss-reactive ketones (excluding diaryl/α,β-unsaturated/α-hetero) is 2. The van der Waals surface area contributed by atoms with Crippen LogP contribution in [0.5, 0.6) is 5.75 Å². The van der Waals surface area contributed by atoms with Gasteiger partial charge in [0.1, 0.15) is 28.6 Å². The Morgan fingerprint density at radius 3 is 2.58 bits per heavy atom. The monoisotopic (exact) mass is 449 g/mol. The number of hydrogen-bond donors (Lipinski definition) is 4. The summed E-state index contributed by atoms with van der Waals surface area (Å²) in [7, 11) is 0. The Labute approximate surface area is 186 Å². The van der Waals surface area contributed by atoms with Gasteiger partial charge < -0.3 is 25.5 Å². The number of aldehydes is 1. The van der Waals surface area contributed by atoms with Crippen molar-refractivity contribution in [3.05, 3.63) is 63.8 Å². The van der Waals surface area contributed by atoms with Crippen LogP contribution in [0.2, 0.25) is 0 Å². The number of aliphatic hydroxyl groups is 2. The van der Waals surface area contributed by atoms with E-state index in [1.54, 1.807) is 6.07 Å². The highest BCUT2D eigenvalue weighted by Gasteiger charge is 2.50. The van der Waals surface area contributed by atoms with Crippen molar-refractivity contribution in [2.45, 2.75) is 19.3 Å². The van der Waals surface area contributed by atoms with Crippen LogP contribution in [0.15, 0.2) is 51.5 Å². The van der Waals surface area contributed by atoms with Gasteiger partial charge in [-0.2, -0.15) is 0 Å². The summed E-state index contributed by atoms with van der Waals surface area (Å²) in [5.41, 5.74) is 5.88. The lowest BCUT2D eigenvalue weighted by Gasteiger charge is -2.41. The third-order valence-electron chi connectivity index (χ3n) is 6.84. The highest BCUT2D eigenvalue weighted by Crippen LogP contribution is 2.50. The second kappa shape index (κ2) is 7.19. The molecule has 5 N–H and O–H groups in total. The Bertz CT molecular complexity index is 1330. The molecule has 0 spiro atoms. The zero-order valence-electron chi connectivity index (χ0n) is 17.2. The van der Waals surface area contributed by atoms with E-state index in [0.717, 1.165) is 0 Å². The third-order valence-corrected chi connectivity index (χ3v) is 6.84. The minimum absolute atomic E-state index is 0.00446. The number of primary amides is 1. The van der Waals surface area contributed by atoms with Gasteiger partial charge in [-0.1, -0.05) is 0 Å². The minimum atomic E-state index is -1.17. The molecule has 1 heterocycles. The number of carbonyl (C=O) groups excluding carboxylic acids is 4. The van der Waals surface area contributed by atoms with Gasteiger partial charge in [-0.25, -0.2) is 0 Å². The van der Waals surface area contributed by atoms with Gasteiger partial charge in [-0.3, -0.25) is 19.2 Å². The van der Waals surface area contributed by atoms with Crippen LogP contribution in [0.4, 0.5) is 0 Å². The van der Waals surface area contributed by atoms with E-state index in [9.17, 15) is 34.5 Å². The summed E-state index contributed by atoms with van der Waals surface area (Å²) < 4.78 is 5.48. The predicted molar refractivity (Wildman–Crippen MR) is 112 cm³/mol. The summed E-state index contributed by atoms with van der Waals surface area (Å²) in [6, 6.07) is 4.36. The first-order valence-electron chi connectivity index (χ1n) is 10.4. The summed E-state index contributed by atoms with van der Waals surface area (Å²) in [6.07, 6.45) is 2.46. The Balaban J connectivity index is 1.66. The highest BCUT2D eigenvalue weighted by molar-refractivity contribution is 6.22. The molecule has 0 saturated heterocycles. The number of amides is 1. The number of furan rings is 1. The number of fused-ring (bicyclic) bond motifs is 3. The van der Waals surface area contributed by atoms with Crippen molar-refractivity contribution in [3.8, 4) is 17.1 Å². The van der Waals surface area contributed by atoms with Crippen LogP contribution in [0.3, 0.4) is 0 Å². The van der Waals surface area contributed by atoms with E-state index < -0.39 is 52.3 Å². The molecule has 0 radical (unpaired) electrons. The van der Waals surface area contributed by atoms with E-state index in [1.165, 1.54) is 18.4 Å². The first kappa shape index (κ1) is 20.7. The minimum Gasteiger partial charge on any atom is -0.511 e. The van der Waals surface area contributed by atoms with Crippen molar-refractivity contribution >= 4 is 23.8 Å². The van der Waals surface area contributed by atoms with Crippen molar-refractivity contribution in [1.82, 2.24) is 0 Å². The number of phenols is 1. The van der Waals surface area contributed by atoms with Gasteiger partial charge in [0.15, 0.2) is 17.9 Å². The van der Waals surface area contributed by atoms with Crippen LogP contribution in [0, 0.1) is 17.8 Å². The Morgan fingerprint density at radius 2 is 1.88 bits per heavy atom. The van der Waals surface area contributed by atoms with Gasteiger partial charge in [-0.05, 0) is 48.4 Å². The van der Waals surface area contributed by atoms with Crippen LogP contribution < -0.4 is 5.73 Å². The molecule has 1 amide bonds. The molecule has 0 fully saturated rings. The van der Waals surface area contributed by atoms with Gasteiger partial charge in [0, 0.05) is 17.6 Å². The number of ketones is 2. The quantitative estimate of drug-likeness (QED) is 0.409. The Morgan fingerprint density at radius 1 is 1.12 bits per heavy atom. The van der Waals surface area contributed by atoms with Gasteiger partial charge in [0.25, 0.3) is 5.91 Å². The van der Waals surface area contributed by atoms with Crippen molar-refractivity contribution < 1.29 is 38.9 Å². The molecule has 33 heavy (non-hydrogen) atoms. The zero-order chi connectivity index (χ0) is 23.6. The summed E-state index contributed by atoms with van der Waals surface area (Å²) >= 11 is 0. The fraction of sp³-hybridized carbons (Fsp3) is 0.250. The second-order valence-corrected chi connectivity index (χ2v) is 8.57. The molecule has 0 bridgehead atoms. The molecule has 3 unspecified atom stereocenters. The number of hydrogen-bond acceptors (Lipinski definition) is 8. The van der Waals surface area contributed by atoms with E-state index in [1.807, 2.05) is 0 Å². The molecular weight excluding hydrogens is 430 g/mol. The fourth-order valence-electron chi connectivity index (χ4n) is 5.48. The largest absolute Gasteiger partial charge is 0.511 e. The third kappa shape index (κ3) is 2.85. The van der Waals surface area contributed by atoms with Crippen molar-refractivity contribution in [3.63, 3.8) is 0 Å². The number of nitrogens with two attached hydrogens (primary N) is 1. The van der Waals surface area contributed by atoms with Gasteiger partial charge in [0.2, 0.25) is 0 Å². The molecule has 3 aliphatic rings. The van der Waals surface area contributed by atoms with Crippen molar-refractivity contribution in [2.24, 2.45) is 23.5 Å². The fourth-order valence-corrected chi connectivity index (χ4v) is 5.48. The molecule has 3 atom stereocenters. The molecule has 168 valence electrons. The van der Waals surface area contributed by atoms with E-state index in [4.69, 9.17) is 10.2 Å². The second-order valence-electron chi connectivity index (χ2n) is 8.57. The molecule has 0 aliphatic heterocycles. The average molecular weight is 449 g/mol. The van der Waals surface area contributed by atoms with E-state index >= 15 is 0 Å². The summed E-state index contributed by atoms with van der Waals surface area (Å²) in [4.78, 5) is 49.4. The highest BCUT2D eigenvalue weighted by atomic mass is 16.3. The van der Waals surface area contributed by atoms with E-state index in [0.29, 0.717) is 17.4 Å². The predicted octanol–water partition coefficient (Wildman–Crippen LogP) is 2.54. The standard InChI is InChI=1S/C24H19NO8/c25-24(32)19-15(28)7-11-5-10-6-13-12(23-9(8-26)3-4-33-23)1-2-14(27)18(13)21(30)16(10)20(29)17(11)22(19)31/h1-4,8,10-11,17,27-29H,5-7H2,(H2,25,32). The lowest BCUT2D eigenvalue weighted by molar-refractivity contribution is -0.126. The van der Waals surface area contributed by atoms with Crippen LogP contribution in [0.25, 0.3) is 11.3 Å². The average Bonchev–Trinajstić information content (AvgIpc) is 3.21. The number of benzene rings is 1. The Kier molecular flexibility index (Phi) is 4.52. The number of aliphatic hydroxyl groups excluding tert-OH is 2. The molecule has 9 nitrogen and oxygen atoms in total. The molecule has 1 aromatic heterocycles. The maximum Gasteiger partial charge on any atom is 0.255 e.